The van der Waals surface area contributed by atoms with Gasteiger partial charge in [0.2, 0.25) is 5.91 Å². The van der Waals surface area contributed by atoms with Crippen LogP contribution in [0.2, 0.25) is 0 Å². The lowest BCUT2D eigenvalue weighted by atomic mass is 10.0. The zero-order valence-corrected chi connectivity index (χ0v) is 12.2. The van der Waals surface area contributed by atoms with Crippen LogP contribution in [0.25, 0.3) is 0 Å². The fourth-order valence-corrected chi connectivity index (χ4v) is 3.02. The van der Waals surface area contributed by atoms with Crippen molar-refractivity contribution in [1.29, 1.82) is 0 Å². The lowest BCUT2D eigenvalue weighted by Crippen LogP contribution is -2.46. The molecule has 2 aliphatic rings. The number of hydrogen-bond acceptors (Lipinski definition) is 3. The zero-order chi connectivity index (χ0) is 13.5. The fraction of sp³-hybridized carbons (Fsp3) is 0.933. The summed E-state index contributed by atoms with van der Waals surface area (Å²) in [6, 6.07) is 0.401. The number of hydrogen-bond donors (Lipinski definition) is 1. The maximum absolute atomic E-state index is 12.3. The van der Waals surface area contributed by atoms with Crippen LogP contribution in [-0.4, -0.2) is 49.2 Å². The van der Waals surface area contributed by atoms with Crippen LogP contribution in [-0.2, 0) is 9.53 Å². The molecule has 0 aromatic heterocycles. The van der Waals surface area contributed by atoms with Crippen LogP contribution in [0.1, 0.15) is 51.9 Å². The van der Waals surface area contributed by atoms with Gasteiger partial charge < -0.3 is 15.0 Å². The Morgan fingerprint density at radius 1 is 1.32 bits per heavy atom. The normalized spacial score (nSPS) is 28.4. The Morgan fingerprint density at radius 2 is 2.21 bits per heavy atom. The van der Waals surface area contributed by atoms with Crippen LogP contribution in [0.4, 0.5) is 0 Å². The van der Waals surface area contributed by atoms with E-state index in [0.717, 1.165) is 51.9 Å². The molecule has 1 amide bonds. The van der Waals surface area contributed by atoms with Gasteiger partial charge in [-0.15, -0.1) is 0 Å². The summed E-state index contributed by atoms with van der Waals surface area (Å²) in [5, 5.41) is 3.46. The van der Waals surface area contributed by atoms with Crippen molar-refractivity contribution in [2.75, 3.05) is 26.2 Å². The topological polar surface area (TPSA) is 41.6 Å². The molecule has 4 nitrogen and oxygen atoms in total. The Kier molecular flexibility index (Phi) is 6.11. The second kappa shape index (κ2) is 7.85. The second-order valence-corrected chi connectivity index (χ2v) is 5.83. The summed E-state index contributed by atoms with van der Waals surface area (Å²) in [7, 11) is 0. The molecule has 110 valence electrons. The molecule has 2 unspecified atom stereocenters. The molecule has 0 bridgehead atoms. The van der Waals surface area contributed by atoms with Gasteiger partial charge in [-0.2, -0.15) is 0 Å². The van der Waals surface area contributed by atoms with Gasteiger partial charge in [0, 0.05) is 32.2 Å². The molecule has 2 heterocycles. The Hall–Kier alpha value is -0.610. The number of likely N-dealkylation sites (tertiary alicyclic amines) is 1. The molecule has 2 saturated heterocycles. The monoisotopic (exact) mass is 268 g/mol. The maximum Gasteiger partial charge on any atom is 0.224 e. The molecule has 2 rings (SSSR count). The number of nitrogens with zero attached hydrogens (tertiary/aromatic N) is 1. The highest BCUT2D eigenvalue weighted by atomic mass is 16.5. The van der Waals surface area contributed by atoms with E-state index in [1.54, 1.807) is 0 Å². The highest BCUT2D eigenvalue weighted by molar-refractivity contribution is 5.77. The third-order valence-electron chi connectivity index (χ3n) is 4.12. The van der Waals surface area contributed by atoms with E-state index in [2.05, 4.69) is 12.2 Å². The number of ether oxygens (including phenoxy) is 1. The molecular weight excluding hydrogens is 240 g/mol. The number of rotatable bonds is 5. The molecule has 19 heavy (non-hydrogen) atoms. The Labute approximate surface area is 116 Å². The second-order valence-electron chi connectivity index (χ2n) is 5.83. The predicted octanol–water partition coefficient (Wildman–Crippen LogP) is 1.94. The highest BCUT2D eigenvalue weighted by Gasteiger charge is 2.26. The lowest BCUT2D eigenvalue weighted by Gasteiger charge is -2.34. The van der Waals surface area contributed by atoms with Crippen molar-refractivity contribution in [2.45, 2.75) is 64.0 Å². The van der Waals surface area contributed by atoms with E-state index >= 15 is 0 Å². The summed E-state index contributed by atoms with van der Waals surface area (Å²) in [4.78, 5) is 14.3. The number of amides is 1. The Balaban J connectivity index is 1.74. The maximum atomic E-state index is 12.3. The molecule has 1 N–H and O–H groups in total. The van der Waals surface area contributed by atoms with Crippen molar-refractivity contribution in [3.8, 4) is 0 Å². The Morgan fingerprint density at radius 3 is 2.95 bits per heavy atom. The highest BCUT2D eigenvalue weighted by Crippen LogP contribution is 2.17. The molecule has 0 aliphatic carbocycles. The van der Waals surface area contributed by atoms with E-state index in [0.29, 0.717) is 18.4 Å². The standard InChI is InChI=1S/C15H28N2O2/c1-2-10-19-14-7-5-9-17(12-14)15(18)11-13-6-3-4-8-16-13/h13-14,16H,2-12H2,1H3. The average molecular weight is 268 g/mol. The molecule has 4 heteroatoms. The third-order valence-corrected chi connectivity index (χ3v) is 4.12. The molecule has 0 radical (unpaired) electrons. The van der Waals surface area contributed by atoms with Gasteiger partial charge in [-0.05, 0) is 38.6 Å². The molecule has 2 atom stereocenters. The van der Waals surface area contributed by atoms with E-state index in [4.69, 9.17) is 4.74 Å². The van der Waals surface area contributed by atoms with Gasteiger partial charge in [0.1, 0.15) is 0 Å². The van der Waals surface area contributed by atoms with Gasteiger partial charge >= 0.3 is 0 Å². The van der Waals surface area contributed by atoms with Crippen molar-refractivity contribution >= 4 is 5.91 Å². The van der Waals surface area contributed by atoms with Crippen molar-refractivity contribution in [3.63, 3.8) is 0 Å². The molecule has 0 aromatic carbocycles. The minimum Gasteiger partial charge on any atom is -0.376 e. The van der Waals surface area contributed by atoms with Crippen LogP contribution in [0.5, 0.6) is 0 Å². The van der Waals surface area contributed by atoms with E-state index in [9.17, 15) is 4.79 Å². The fourth-order valence-electron chi connectivity index (χ4n) is 3.02. The zero-order valence-electron chi connectivity index (χ0n) is 12.2. The first-order valence-electron chi connectivity index (χ1n) is 7.92. The summed E-state index contributed by atoms with van der Waals surface area (Å²) in [5.41, 5.74) is 0. The van der Waals surface area contributed by atoms with Crippen LogP contribution in [0, 0.1) is 0 Å². The molecule has 2 aliphatic heterocycles. The number of piperidine rings is 2. The Bertz CT molecular complexity index is 277. The number of carbonyl (C=O) groups is 1. The van der Waals surface area contributed by atoms with Crippen LogP contribution in [0.15, 0.2) is 0 Å². The summed E-state index contributed by atoms with van der Waals surface area (Å²) in [5.74, 6) is 0.309. The lowest BCUT2D eigenvalue weighted by molar-refractivity contribution is -0.136. The smallest absolute Gasteiger partial charge is 0.224 e. The molecule has 0 saturated carbocycles. The molecule has 0 aromatic rings. The van der Waals surface area contributed by atoms with Crippen molar-refractivity contribution < 1.29 is 9.53 Å². The predicted molar refractivity (Wildman–Crippen MR) is 76.1 cm³/mol. The number of carbonyl (C=O) groups excluding carboxylic acids is 1. The van der Waals surface area contributed by atoms with E-state index in [1.807, 2.05) is 4.90 Å². The van der Waals surface area contributed by atoms with Gasteiger partial charge in [0.15, 0.2) is 0 Å². The minimum absolute atomic E-state index is 0.261. The average Bonchev–Trinajstić information content (AvgIpc) is 2.46. The first-order valence-corrected chi connectivity index (χ1v) is 7.92. The summed E-state index contributed by atoms with van der Waals surface area (Å²) in [6.07, 6.45) is 7.82. The van der Waals surface area contributed by atoms with Gasteiger partial charge in [0.05, 0.1) is 6.10 Å². The first kappa shape index (κ1) is 14.8. The number of nitrogens with one attached hydrogen (secondary N) is 1. The van der Waals surface area contributed by atoms with Crippen LogP contribution < -0.4 is 5.32 Å². The van der Waals surface area contributed by atoms with Gasteiger partial charge in [-0.1, -0.05) is 13.3 Å². The van der Waals surface area contributed by atoms with E-state index < -0.39 is 0 Å². The van der Waals surface area contributed by atoms with Crippen LogP contribution >= 0.6 is 0 Å². The quantitative estimate of drug-likeness (QED) is 0.828. The van der Waals surface area contributed by atoms with Gasteiger partial charge in [-0.25, -0.2) is 0 Å². The van der Waals surface area contributed by atoms with E-state index in [1.165, 1.54) is 12.8 Å². The SMILES string of the molecule is CCCOC1CCCN(C(=O)CC2CCCCN2)C1. The molecule has 2 fully saturated rings. The van der Waals surface area contributed by atoms with Gasteiger partial charge in [0.25, 0.3) is 0 Å². The van der Waals surface area contributed by atoms with Crippen molar-refractivity contribution in [3.05, 3.63) is 0 Å². The summed E-state index contributed by atoms with van der Waals surface area (Å²) >= 11 is 0. The molecule has 0 spiro atoms. The first-order chi connectivity index (χ1) is 9.29. The van der Waals surface area contributed by atoms with Gasteiger partial charge in [-0.3, -0.25) is 4.79 Å². The minimum atomic E-state index is 0.261. The van der Waals surface area contributed by atoms with E-state index in [-0.39, 0.29) is 6.10 Å². The summed E-state index contributed by atoms with van der Waals surface area (Å²) < 4.78 is 5.79. The van der Waals surface area contributed by atoms with Crippen molar-refractivity contribution in [1.82, 2.24) is 10.2 Å². The summed E-state index contributed by atoms with van der Waals surface area (Å²) in [6.45, 7) is 5.72. The largest absolute Gasteiger partial charge is 0.376 e. The molecular formula is C15H28N2O2. The van der Waals surface area contributed by atoms with Crippen LogP contribution in [0.3, 0.4) is 0 Å². The third kappa shape index (κ3) is 4.77. The van der Waals surface area contributed by atoms with Crippen molar-refractivity contribution in [2.24, 2.45) is 0 Å².